The van der Waals surface area contributed by atoms with Crippen molar-refractivity contribution in [2.24, 2.45) is 0 Å². The Kier molecular flexibility index (Phi) is 10.5. The Morgan fingerprint density at radius 2 is 1.67 bits per heavy atom. The third-order valence-corrected chi connectivity index (χ3v) is 8.29. The molecule has 0 radical (unpaired) electrons. The van der Waals surface area contributed by atoms with Crippen molar-refractivity contribution in [1.29, 1.82) is 0 Å². The Labute approximate surface area is 234 Å². The minimum absolute atomic E-state index is 0.0253. The predicted molar refractivity (Wildman–Crippen MR) is 151 cm³/mol. The van der Waals surface area contributed by atoms with Crippen LogP contribution in [0.25, 0.3) is 0 Å². The molecule has 1 atom stereocenters. The minimum atomic E-state index is -4.25. The van der Waals surface area contributed by atoms with Crippen molar-refractivity contribution in [1.82, 2.24) is 10.2 Å². The van der Waals surface area contributed by atoms with Crippen LogP contribution in [0.3, 0.4) is 0 Å². The van der Waals surface area contributed by atoms with Crippen LogP contribution in [0, 0.1) is 12.7 Å². The lowest BCUT2D eigenvalue weighted by atomic mass is 10.1. The topological polar surface area (TPSA) is 86.8 Å². The fraction of sp³-hybridized carbons (Fsp3) is 0.310. The van der Waals surface area contributed by atoms with Crippen LogP contribution < -0.4 is 9.62 Å². The smallest absolute Gasteiger partial charge is 0.264 e. The van der Waals surface area contributed by atoms with E-state index in [1.807, 2.05) is 38.1 Å². The summed E-state index contributed by atoms with van der Waals surface area (Å²) in [5.74, 6) is -1.63. The number of benzene rings is 3. The van der Waals surface area contributed by atoms with Crippen molar-refractivity contribution in [3.05, 3.63) is 94.8 Å². The number of hydrogen-bond acceptors (Lipinski definition) is 4. The first-order valence-electron chi connectivity index (χ1n) is 12.7. The normalized spacial score (nSPS) is 12.0. The van der Waals surface area contributed by atoms with E-state index in [1.54, 1.807) is 25.1 Å². The van der Waals surface area contributed by atoms with E-state index in [4.69, 9.17) is 11.6 Å². The Hall–Kier alpha value is -3.43. The Bertz CT molecular complexity index is 1390. The molecule has 10 heteroatoms. The molecule has 0 heterocycles. The van der Waals surface area contributed by atoms with Crippen LogP contribution in [0.2, 0.25) is 5.02 Å². The van der Waals surface area contributed by atoms with Gasteiger partial charge in [0, 0.05) is 13.1 Å². The maximum absolute atomic E-state index is 14.0. The lowest BCUT2D eigenvalue weighted by molar-refractivity contribution is -0.140. The van der Waals surface area contributed by atoms with Gasteiger partial charge in [0.2, 0.25) is 11.8 Å². The van der Waals surface area contributed by atoms with Gasteiger partial charge in [-0.15, -0.1) is 0 Å². The second-order valence-corrected chi connectivity index (χ2v) is 11.4. The van der Waals surface area contributed by atoms with Gasteiger partial charge in [-0.25, -0.2) is 12.8 Å². The second-order valence-electron chi connectivity index (χ2n) is 9.15. The number of nitrogens with zero attached hydrogens (tertiary/aromatic N) is 2. The summed E-state index contributed by atoms with van der Waals surface area (Å²) in [5, 5.41) is 2.56. The van der Waals surface area contributed by atoms with Crippen molar-refractivity contribution in [3.63, 3.8) is 0 Å². The van der Waals surface area contributed by atoms with Gasteiger partial charge in [0.15, 0.2) is 0 Å². The predicted octanol–water partition coefficient (Wildman–Crippen LogP) is 5.32. The number of carbonyl (C=O) groups is 2. The number of hydrogen-bond donors (Lipinski definition) is 1. The molecule has 1 unspecified atom stereocenters. The molecule has 2 amide bonds. The summed E-state index contributed by atoms with van der Waals surface area (Å²) in [6, 6.07) is 17.8. The lowest BCUT2D eigenvalue weighted by Crippen LogP contribution is -2.52. The quantitative estimate of drug-likeness (QED) is 0.318. The maximum atomic E-state index is 14.0. The van der Waals surface area contributed by atoms with Gasteiger partial charge in [0.05, 0.1) is 15.6 Å². The molecule has 0 fully saturated rings. The first-order chi connectivity index (χ1) is 18.6. The standard InChI is InChI=1S/C29H33ClFN3O4S/c1-4-17-32-29(36)27(5-2)33(19-22-13-11-21(3)12-14-22)28(35)20-34(23-15-16-26(31)25(30)18-23)39(37,38)24-9-7-6-8-10-24/h6-16,18,27H,4-5,17,19-20H2,1-3H3,(H,32,36). The number of carbonyl (C=O) groups excluding carboxylic acids is 2. The maximum Gasteiger partial charge on any atom is 0.264 e. The highest BCUT2D eigenvalue weighted by molar-refractivity contribution is 7.92. The summed E-state index contributed by atoms with van der Waals surface area (Å²) in [5.41, 5.74) is 1.85. The lowest BCUT2D eigenvalue weighted by Gasteiger charge is -2.33. The Morgan fingerprint density at radius 3 is 2.26 bits per heavy atom. The summed E-state index contributed by atoms with van der Waals surface area (Å²) < 4.78 is 42.3. The molecule has 0 spiro atoms. The molecule has 0 aliphatic carbocycles. The van der Waals surface area contributed by atoms with E-state index < -0.39 is 34.3 Å². The Morgan fingerprint density at radius 1 is 1.00 bits per heavy atom. The van der Waals surface area contributed by atoms with Crippen LogP contribution in [0.1, 0.15) is 37.8 Å². The fourth-order valence-electron chi connectivity index (χ4n) is 4.06. The molecule has 7 nitrogen and oxygen atoms in total. The molecule has 0 aliphatic rings. The summed E-state index contributed by atoms with van der Waals surface area (Å²) in [6.45, 7) is 5.59. The molecular weight excluding hydrogens is 541 g/mol. The monoisotopic (exact) mass is 573 g/mol. The molecule has 0 aromatic heterocycles. The Balaban J connectivity index is 2.06. The molecule has 1 N–H and O–H groups in total. The molecule has 0 saturated carbocycles. The number of rotatable bonds is 12. The summed E-state index contributed by atoms with van der Waals surface area (Å²) in [4.78, 5) is 28.4. The number of anilines is 1. The highest BCUT2D eigenvalue weighted by Crippen LogP contribution is 2.28. The van der Waals surface area contributed by atoms with Gasteiger partial charge in [-0.2, -0.15) is 0 Å². The van der Waals surface area contributed by atoms with E-state index in [0.29, 0.717) is 13.0 Å². The SMILES string of the molecule is CCCNC(=O)C(CC)N(Cc1ccc(C)cc1)C(=O)CN(c1ccc(F)c(Cl)c1)S(=O)(=O)c1ccccc1. The molecule has 0 saturated heterocycles. The average Bonchev–Trinajstić information content (AvgIpc) is 2.93. The van der Waals surface area contributed by atoms with Crippen LogP contribution in [0.15, 0.2) is 77.7 Å². The first kappa shape index (κ1) is 30.1. The van der Waals surface area contributed by atoms with Gasteiger partial charge in [-0.1, -0.05) is 73.5 Å². The number of aryl methyl sites for hydroxylation is 1. The van der Waals surface area contributed by atoms with Crippen molar-refractivity contribution >= 4 is 39.1 Å². The van der Waals surface area contributed by atoms with E-state index >= 15 is 0 Å². The fourth-order valence-corrected chi connectivity index (χ4v) is 5.67. The molecule has 3 aromatic rings. The summed E-state index contributed by atoms with van der Waals surface area (Å²) in [7, 11) is -4.25. The molecule has 0 bridgehead atoms. The second kappa shape index (κ2) is 13.6. The van der Waals surface area contributed by atoms with Gasteiger partial charge in [0.25, 0.3) is 10.0 Å². The summed E-state index contributed by atoms with van der Waals surface area (Å²) >= 11 is 5.99. The van der Waals surface area contributed by atoms with Crippen LogP contribution in [0.4, 0.5) is 10.1 Å². The third kappa shape index (κ3) is 7.58. The largest absolute Gasteiger partial charge is 0.354 e. The zero-order valence-corrected chi connectivity index (χ0v) is 23.8. The third-order valence-electron chi connectivity index (χ3n) is 6.21. The average molecular weight is 574 g/mol. The molecule has 208 valence electrons. The summed E-state index contributed by atoms with van der Waals surface area (Å²) in [6.07, 6.45) is 1.05. The molecule has 39 heavy (non-hydrogen) atoms. The van der Waals surface area contributed by atoms with E-state index in [0.717, 1.165) is 27.9 Å². The van der Waals surface area contributed by atoms with Crippen LogP contribution in [-0.2, 0) is 26.2 Å². The van der Waals surface area contributed by atoms with Gasteiger partial charge >= 0.3 is 0 Å². The van der Waals surface area contributed by atoms with Crippen LogP contribution in [0.5, 0.6) is 0 Å². The van der Waals surface area contributed by atoms with Crippen molar-refractivity contribution < 1.29 is 22.4 Å². The minimum Gasteiger partial charge on any atom is -0.354 e. The highest BCUT2D eigenvalue weighted by atomic mass is 35.5. The molecule has 3 rings (SSSR count). The zero-order chi connectivity index (χ0) is 28.6. The molecule has 3 aromatic carbocycles. The van der Waals surface area contributed by atoms with Gasteiger partial charge in [-0.3, -0.25) is 13.9 Å². The van der Waals surface area contributed by atoms with Crippen molar-refractivity contribution in [3.8, 4) is 0 Å². The van der Waals surface area contributed by atoms with Crippen molar-refractivity contribution in [2.75, 3.05) is 17.4 Å². The number of halogens is 2. The highest BCUT2D eigenvalue weighted by Gasteiger charge is 2.33. The zero-order valence-electron chi connectivity index (χ0n) is 22.2. The van der Waals surface area contributed by atoms with Gasteiger partial charge < -0.3 is 10.2 Å². The first-order valence-corrected chi connectivity index (χ1v) is 14.6. The van der Waals surface area contributed by atoms with Gasteiger partial charge in [-0.05, 0) is 55.7 Å². The van der Waals surface area contributed by atoms with E-state index in [9.17, 15) is 22.4 Å². The molecule has 0 aliphatic heterocycles. The van der Waals surface area contributed by atoms with Crippen molar-refractivity contribution in [2.45, 2.75) is 51.1 Å². The number of nitrogens with one attached hydrogen (secondary N) is 1. The van der Waals surface area contributed by atoms with Gasteiger partial charge in [0.1, 0.15) is 18.4 Å². The van der Waals surface area contributed by atoms with E-state index in [2.05, 4.69) is 5.32 Å². The van der Waals surface area contributed by atoms with Crippen LogP contribution in [-0.4, -0.2) is 44.3 Å². The number of amides is 2. The van der Waals surface area contributed by atoms with Crippen LogP contribution >= 0.6 is 11.6 Å². The number of sulfonamides is 1. The van der Waals surface area contributed by atoms with E-state index in [-0.39, 0.29) is 28.1 Å². The van der Waals surface area contributed by atoms with E-state index in [1.165, 1.54) is 29.2 Å². The molecular formula is C29H33ClFN3O4S.